The lowest BCUT2D eigenvalue weighted by atomic mass is 9.97. The van der Waals surface area contributed by atoms with Crippen LogP contribution in [0, 0.1) is 0 Å². The van der Waals surface area contributed by atoms with Crippen LogP contribution in [0.5, 0.6) is 0 Å². The quantitative estimate of drug-likeness (QED) is 0.416. The largest absolute Gasteiger partial charge is 0.330 e. The lowest BCUT2D eigenvalue weighted by Gasteiger charge is -2.11. The molecular weight excluding hydrogens is 414 g/mol. The molecule has 33 heavy (non-hydrogen) atoms. The fourth-order valence-corrected chi connectivity index (χ4v) is 4.07. The zero-order valence-electron chi connectivity index (χ0n) is 19.1. The van der Waals surface area contributed by atoms with Gasteiger partial charge in [0.2, 0.25) is 0 Å². The highest BCUT2D eigenvalue weighted by Crippen LogP contribution is 2.27. The van der Waals surface area contributed by atoms with Gasteiger partial charge in [0.25, 0.3) is 0 Å². The van der Waals surface area contributed by atoms with Gasteiger partial charge in [0, 0.05) is 25.2 Å². The van der Waals surface area contributed by atoms with E-state index in [0.717, 1.165) is 16.7 Å². The minimum absolute atomic E-state index is 0.121. The molecule has 0 amide bonds. The van der Waals surface area contributed by atoms with Crippen molar-refractivity contribution in [3.05, 3.63) is 82.7 Å². The van der Waals surface area contributed by atoms with E-state index in [1.165, 1.54) is 5.56 Å². The van der Waals surface area contributed by atoms with Gasteiger partial charge < -0.3 is 0 Å². The predicted molar refractivity (Wildman–Crippen MR) is 128 cm³/mol. The average molecular weight is 440 g/mol. The van der Waals surface area contributed by atoms with E-state index in [-0.39, 0.29) is 5.69 Å². The second-order valence-electron chi connectivity index (χ2n) is 8.51. The van der Waals surface area contributed by atoms with Crippen LogP contribution in [0.15, 0.2) is 65.8 Å². The first-order valence-corrected chi connectivity index (χ1v) is 10.9. The number of rotatable bonds is 5. The summed E-state index contributed by atoms with van der Waals surface area (Å²) < 4.78 is 4.97. The lowest BCUT2D eigenvalue weighted by molar-refractivity contribution is 0.731. The first-order chi connectivity index (χ1) is 15.9. The number of imidazole rings is 1. The average Bonchev–Trinajstić information content (AvgIpc) is 3.36. The number of nitrogens with zero attached hydrogens (tertiary/aromatic N) is 7. The Bertz CT molecular complexity index is 1510. The highest BCUT2D eigenvalue weighted by Gasteiger charge is 2.17. The minimum atomic E-state index is -0.121. The van der Waals surface area contributed by atoms with Gasteiger partial charge in [-0.2, -0.15) is 5.10 Å². The van der Waals surface area contributed by atoms with Crippen molar-refractivity contribution in [2.24, 2.45) is 14.1 Å². The van der Waals surface area contributed by atoms with E-state index in [9.17, 15) is 4.79 Å². The molecule has 0 N–H and O–H groups in total. The van der Waals surface area contributed by atoms with E-state index < -0.39 is 0 Å². The third-order valence-corrected chi connectivity index (χ3v) is 5.86. The summed E-state index contributed by atoms with van der Waals surface area (Å²) in [4.78, 5) is 26.8. The van der Waals surface area contributed by atoms with E-state index >= 15 is 0 Å². The number of hydrogen-bond acceptors (Lipinski definition) is 5. The molecule has 2 aromatic carbocycles. The van der Waals surface area contributed by atoms with Crippen LogP contribution in [0.4, 0.5) is 0 Å². The van der Waals surface area contributed by atoms with Crippen LogP contribution in [-0.4, -0.2) is 33.9 Å². The smallest absolute Gasteiger partial charge is 0.292 e. The van der Waals surface area contributed by atoms with Gasteiger partial charge in [-0.05, 0) is 17.0 Å². The van der Waals surface area contributed by atoms with Gasteiger partial charge in [-0.15, -0.1) is 0 Å². The summed E-state index contributed by atoms with van der Waals surface area (Å²) in [5.74, 6) is 1.64. The normalized spacial score (nSPS) is 11.5. The van der Waals surface area contributed by atoms with Crippen molar-refractivity contribution in [1.29, 1.82) is 0 Å². The highest BCUT2D eigenvalue weighted by molar-refractivity contribution is 5.74. The topological polar surface area (TPSA) is 83.4 Å². The summed E-state index contributed by atoms with van der Waals surface area (Å²) in [5.41, 5.74) is 5.31. The van der Waals surface area contributed by atoms with Crippen molar-refractivity contribution < 1.29 is 0 Å². The summed E-state index contributed by atoms with van der Waals surface area (Å²) in [6.45, 7) is 4.72. The molecular formula is C25H25N7O. The zero-order valence-corrected chi connectivity index (χ0v) is 19.1. The first kappa shape index (κ1) is 20.8. The Hall–Kier alpha value is -4.07. The highest BCUT2D eigenvalue weighted by atomic mass is 16.1. The van der Waals surface area contributed by atoms with Gasteiger partial charge in [-0.25, -0.2) is 19.7 Å². The molecule has 5 rings (SSSR count). The van der Waals surface area contributed by atoms with Gasteiger partial charge in [-0.3, -0.25) is 13.8 Å². The Labute approximate surface area is 191 Å². The Morgan fingerprint density at radius 2 is 1.70 bits per heavy atom. The maximum absolute atomic E-state index is 13.0. The standard InChI is InChI=1S/C25H25N7O/c1-16(2)19-7-5-6-8-20(19)23-26-13-21-24(28-23)32(25(33)31(21)4)14-17-9-11-18(12-10-17)22-27-15-30(3)29-22/h5-13,15-16H,14H2,1-4H3. The van der Waals surface area contributed by atoms with E-state index in [0.29, 0.717) is 35.3 Å². The van der Waals surface area contributed by atoms with Crippen LogP contribution in [0.1, 0.15) is 30.9 Å². The second kappa shape index (κ2) is 8.12. The van der Waals surface area contributed by atoms with Crippen molar-refractivity contribution in [3.63, 3.8) is 0 Å². The Balaban J connectivity index is 1.55. The third-order valence-electron chi connectivity index (χ3n) is 5.86. The molecule has 0 atom stereocenters. The van der Waals surface area contributed by atoms with Gasteiger partial charge in [0.05, 0.1) is 12.7 Å². The Morgan fingerprint density at radius 1 is 0.939 bits per heavy atom. The van der Waals surface area contributed by atoms with Gasteiger partial charge in [0.15, 0.2) is 17.3 Å². The van der Waals surface area contributed by atoms with Crippen molar-refractivity contribution in [2.45, 2.75) is 26.3 Å². The Morgan fingerprint density at radius 3 is 2.39 bits per heavy atom. The summed E-state index contributed by atoms with van der Waals surface area (Å²) in [7, 11) is 3.59. The minimum Gasteiger partial charge on any atom is -0.292 e. The lowest BCUT2D eigenvalue weighted by Crippen LogP contribution is -2.22. The third kappa shape index (κ3) is 3.73. The molecule has 0 fully saturated rings. The number of benzene rings is 2. The molecule has 8 heteroatoms. The molecule has 0 spiro atoms. The van der Waals surface area contributed by atoms with Crippen molar-refractivity contribution >= 4 is 11.2 Å². The molecule has 3 heterocycles. The first-order valence-electron chi connectivity index (χ1n) is 10.9. The SMILES string of the molecule is CC(C)c1ccccc1-c1ncc2c(n1)n(Cc1ccc(-c3ncn(C)n3)cc1)c(=O)n2C. The van der Waals surface area contributed by atoms with E-state index in [1.807, 2.05) is 49.5 Å². The molecule has 0 aliphatic heterocycles. The van der Waals surface area contributed by atoms with Gasteiger partial charge >= 0.3 is 5.69 Å². The monoisotopic (exact) mass is 439 g/mol. The van der Waals surface area contributed by atoms with Crippen LogP contribution < -0.4 is 5.69 Å². The van der Waals surface area contributed by atoms with Gasteiger partial charge in [0.1, 0.15) is 11.8 Å². The molecule has 0 saturated heterocycles. The van der Waals surface area contributed by atoms with Crippen LogP contribution in [0.3, 0.4) is 0 Å². The molecule has 0 radical (unpaired) electrons. The number of fused-ring (bicyclic) bond motifs is 1. The van der Waals surface area contributed by atoms with Gasteiger partial charge in [-0.1, -0.05) is 62.4 Å². The molecule has 0 bridgehead atoms. The number of aromatic nitrogens is 7. The van der Waals surface area contributed by atoms with Crippen LogP contribution in [-0.2, 0) is 20.6 Å². The number of hydrogen-bond donors (Lipinski definition) is 0. The summed E-state index contributed by atoms with van der Waals surface area (Å²) in [6.07, 6.45) is 3.41. The van der Waals surface area contributed by atoms with Crippen LogP contribution in [0.25, 0.3) is 33.9 Å². The summed E-state index contributed by atoms with van der Waals surface area (Å²) in [6, 6.07) is 16.1. The maximum atomic E-state index is 13.0. The number of aryl methyl sites for hydroxylation is 2. The van der Waals surface area contributed by atoms with E-state index in [1.54, 1.807) is 33.4 Å². The molecule has 0 saturated carbocycles. The van der Waals surface area contributed by atoms with E-state index in [2.05, 4.69) is 35.0 Å². The zero-order chi connectivity index (χ0) is 23.1. The second-order valence-corrected chi connectivity index (χ2v) is 8.51. The molecule has 3 aromatic heterocycles. The fraction of sp³-hybridized carbons (Fsp3) is 0.240. The van der Waals surface area contributed by atoms with E-state index in [4.69, 9.17) is 4.98 Å². The molecule has 166 valence electrons. The molecule has 0 aliphatic rings. The van der Waals surface area contributed by atoms with Crippen LogP contribution in [0.2, 0.25) is 0 Å². The molecule has 0 aliphatic carbocycles. The Kier molecular flexibility index (Phi) is 5.12. The van der Waals surface area contributed by atoms with Crippen molar-refractivity contribution in [3.8, 4) is 22.8 Å². The maximum Gasteiger partial charge on any atom is 0.330 e. The van der Waals surface area contributed by atoms with Crippen molar-refractivity contribution in [2.75, 3.05) is 0 Å². The molecule has 8 nitrogen and oxygen atoms in total. The molecule has 0 unspecified atom stereocenters. The summed E-state index contributed by atoms with van der Waals surface area (Å²) in [5, 5.41) is 4.34. The van der Waals surface area contributed by atoms with Crippen molar-refractivity contribution in [1.82, 2.24) is 33.9 Å². The van der Waals surface area contributed by atoms with Crippen LogP contribution >= 0.6 is 0 Å². The summed E-state index contributed by atoms with van der Waals surface area (Å²) >= 11 is 0. The predicted octanol–water partition coefficient (Wildman–Crippen LogP) is 3.76. The fourth-order valence-electron chi connectivity index (χ4n) is 4.07. The molecule has 5 aromatic rings.